The maximum atomic E-state index is 14.1. The molecule has 2 aromatic heterocycles. The summed E-state index contributed by atoms with van der Waals surface area (Å²) in [5, 5.41) is 8.25. The van der Waals surface area contributed by atoms with Gasteiger partial charge < -0.3 is 5.32 Å². The van der Waals surface area contributed by atoms with Gasteiger partial charge in [-0.2, -0.15) is 5.10 Å². The Morgan fingerprint density at radius 1 is 1.06 bits per heavy atom. The lowest BCUT2D eigenvalue weighted by atomic mass is 9.94. The Labute approximate surface area is 204 Å². The van der Waals surface area contributed by atoms with Crippen molar-refractivity contribution in [1.29, 1.82) is 0 Å². The van der Waals surface area contributed by atoms with E-state index in [2.05, 4.69) is 10.4 Å². The van der Waals surface area contributed by atoms with Crippen molar-refractivity contribution < 1.29 is 9.59 Å². The van der Waals surface area contributed by atoms with Crippen LogP contribution in [0.5, 0.6) is 0 Å². The Bertz CT molecular complexity index is 1420. The number of nitrogens with one attached hydrogen (secondary N) is 1. The molecule has 1 N–H and O–H groups in total. The van der Waals surface area contributed by atoms with Gasteiger partial charge in [-0.3, -0.25) is 14.5 Å². The highest BCUT2D eigenvalue weighted by Gasteiger charge is 2.37. The van der Waals surface area contributed by atoms with Crippen molar-refractivity contribution in [2.75, 3.05) is 10.2 Å². The molecule has 0 saturated heterocycles. The maximum Gasteiger partial charge on any atom is 0.260 e. The molecular weight excluding hydrogens is 438 g/mol. The van der Waals surface area contributed by atoms with Gasteiger partial charge >= 0.3 is 0 Å². The number of amides is 2. The minimum atomic E-state index is -0.632. The number of pyridine rings is 1. The SMILES string of the molecule is Cc1ccc(NC(=O)C2CCc3ccccc3N2C(=O)c2cc3cnn(C(C)C)c3nc2C)cc1. The third kappa shape index (κ3) is 4.18. The molecule has 1 unspecified atom stereocenters. The van der Waals surface area contributed by atoms with E-state index in [0.29, 0.717) is 23.4 Å². The predicted octanol–water partition coefficient (Wildman–Crippen LogP) is 5.23. The fourth-order valence-electron chi connectivity index (χ4n) is 4.70. The van der Waals surface area contributed by atoms with Gasteiger partial charge in [-0.15, -0.1) is 0 Å². The quantitative estimate of drug-likeness (QED) is 0.446. The maximum absolute atomic E-state index is 14.1. The summed E-state index contributed by atoms with van der Waals surface area (Å²) in [6.07, 6.45) is 3.01. The van der Waals surface area contributed by atoms with Gasteiger partial charge in [-0.05, 0) is 70.4 Å². The Morgan fingerprint density at radius 3 is 2.54 bits per heavy atom. The van der Waals surface area contributed by atoms with Gasteiger partial charge in [-0.1, -0.05) is 35.9 Å². The molecule has 1 aliphatic heterocycles. The summed E-state index contributed by atoms with van der Waals surface area (Å²) in [7, 11) is 0. The standard InChI is InChI=1S/C28H29N5O2/c1-17(2)33-26-21(16-29-33)15-23(19(4)30-26)28(35)32-24-8-6-5-7-20(24)11-14-25(32)27(34)31-22-12-9-18(3)10-13-22/h5-10,12-13,15-17,25H,11,14H2,1-4H3,(H,31,34). The summed E-state index contributed by atoms with van der Waals surface area (Å²) < 4.78 is 1.85. The van der Waals surface area contributed by atoms with E-state index in [0.717, 1.165) is 34.3 Å². The summed E-state index contributed by atoms with van der Waals surface area (Å²) in [6.45, 7) is 7.93. The number of hydrogen-bond donors (Lipinski definition) is 1. The Morgan fingerprint density at radius 2 is 1.80 bits per heavy atom. The van der Waals surface area contributed by atoms with E-state index in [9.17, 15) is 9.59 Å². The molecule has 0 fully saturated rings. The van der Waals surface area contributed by atoms with Gasteiger partial charge in [-0.25, -0.2) is 9.67 Å². The summed E-state index contributed by atoms with van der Waals surface area (Å²) in [5.41, 5.74) is 5.50. The van der Waals surface area contributed by atoms with Crippen LogP contribution >= 0.6 is 0 Å². The summed E-state index contributed by atoms with van der Waals surface area (Å²) in [5.74, 6) is -0.429. The molecule has 5 rings (SSSR count). The topological polar surface area (TPSA) is 80.1 Å². The molecule has 0 bridgehead atoms. The van der Waals surface area contributed by atoms with E-state index in [1.807, 2.05) is 87.0 Å². The van der Waals surface area contributed by atoms with Crippen molar-refractivity contribution in [2.24, 2.45) is 0 Å². The number of aromatic nitrogens is 3. The Kier molecular flexibility index (Phi) is 5.84. The van der Waals surface area contributed by atoms with Crippen molar-refractivity contribution in [2.45, 2.75) is 52.6 Å². The first-order valence-electron chi connectivity index (χ1n) is 12.0. The number of para-hydroxylation sites is 1. The van der Waals surface area contributed by atoms with Gasteiger partial charge in [0.1, 0.15) is 6.04 Å². The zero-order valence-electron chi connectivity index (χ0n) is 20.4. The lowest BCUT2D eigenvalue weighted by molar-refractivity contribution is -0.117. The van der Waals surface area contributed by atoms with Gasteiger partial charge in [0, 0.05) is 22.8 Å². The van der Waals surface area contributed by atoms with Crippen LogP contribution < -0.4 is 10.2 Å². The number of fused-ring (bicyclic) bond motifs is 2. The first-order valence-corrected chi connectivity index (χ1v) is 12.0. The third-order valence-corrected chi connectivity index (χ3v) is 6.57. The lowest BCUT2D eigenvalue weighted by Gasteiger charge is -2.36. The van der Waals surface area contributed by atoms with E-state index >= 15 is 0 Å². The minimum absolute atomic E-state index is 0.157. The molecular formula is C28H29N5O2. The highest BCUT2D eigenvalue weighted by atomic mass is 16.2. The average Bonchev–Trinajstić information content (AvgIpc) is 3.26. The van der Waals surface area contributed by atoms with Gasteiger partial charge in [0.05, 0.1) is 17.5 Å². The molecule has 1 atom stereocenters. The van der Waals surface area contributed by atoms with Crippen LogP contribution in [-0.2, 0) is 11.2 Å². The average molecular weight is 468 g/mol. The fraction of sp³-hybridized carbons (Fsp3) is 0.286. The van der Waals surface area contributed by atoms with Crippen LogP contribution in [0.1, 0.15) is 53.5 Å². The zero-order chi connectivity index (χ0) is 24.7. The van der Waals surface area contributed by atoms with Crippen LogP contribution in [0.2, 0.25) is 0 Å². The molecule has 3 heterocycles. The largest absolute Gasteiger partial charge is 0.324 e. The van der Waals surface area contributed by atoms with Crippen LogP contribution in [0.25, 0.3) is 11.0 Å². The van der Waals surface area contributed by atoms with Crippen LogP contribution in [0.3, 0.4) is 0 Å². The molecule has 2 aromatic carbocycles. The number of nitrogens with zero attached hydrogens (tertiary/aromatic N) is 4. The first-order chi connectivity index (χ1) is 16.8. The van der Waals surface area contributed by atoms with Gasteiger partial charge in [0.2, 0.25) is 5.91 Å². The molecule has 7 nitrogen and oxygen atoms in total. The second-order valence-electron chi connectivity index (χ2n) is 9.43. The summed E-state index contributed by atoms with van der Waals surface area (Å²) >= 11 is 0. The molecule has 178 valence electrons. The zero-order valence-corrected chi connectivity index (χ0v) is 20.4. The van der Waals surface area contributed by atoms with E-state index < -0.39 is 6.04 Å². The number of carbonyl (C=O) groups excluding carboxylic acids is 2. The smallest absolute Gasteiger partial charge is 0.260 e. The molecule has 0 radical (unpaired) electrons. The molecule has 35 heavy (non-hydrogen) atoms. The van der Waals surface area contributed by atoms with Crippen molar-refractivity contribution in [3.63, 3.8) is 0 Å². The van der Waals surface area contributed by atoms with E-state index in [1.165, 1.54) is 0 Å². The number of anilines is 2. The monoisotopic (exact) mass is 467 g/mol. The number of rotatable bonds is 4. The van der Waals surface area contributed by atoms with E-state index in [-0.39, 0.29) is 17.9 Å². The number of benzene rings is 2. The van der Waals surface area contributed by atoms with Crippen molar-refractivity contribution in [3.8, 4) is 0 Å². The fourth-order valence-corrected chi connectivity index (χ4v) is 4.70. The minimum Gasteiger partial charge on any atom is -0.324 e. The Balaban J connectivity index is 1.54. The van der Waals surface area contributed by atoms with E-state index in [1.54, 1.807) is 11.1 Å². The van der Waals surface area contributed by atoms with E-state index in [4.69, 9.17) is 4.98 Å². The number of hydrogen-bond acceptors (Lipinski definition) is 4. The molecule has 0 aliphatic carbocycles. The molecule has 0 saturated carbocycles. The normalized spacial score (nSPS) is 15.3. The molecule has 7 heteroatoms. The Hall–Kier alpha value is -4.00. The number of carbonyl (C=O) groups is 2. The molecule has 2 amide bonds. The predicted molar refractivity (Wildman–Crippen MR) is 138 cm³/mol. The summed E-state index contributed by atoms with van der Waals surface area (Å²) in [6, 6.07) is 16.8. The number of aryl methyl sites for hydroxylation is 3. The second kappa shape index (κ2) is 8.98. The molecule has 1 aliphatic rings. The second-order valence-corrected chi connectivity index (χ2v) is 9.43. The lowest BCUT2D eigenvalue weighted by Crippen LogP contribution is -2.50. The molecule has 0 spiro atoms. The van der Waals surface area contributed by atoms with Crippen molar-refractivity contribution >= 4 is 34.2 Å². The van der Waals surface area contributed by atoms with Crippen LogP contribution in [0.4, 0.5) is 11.4 Å². The highest BCUT2D eigenvalue weighted by molar-refractivity contribution is 6.13. The summed E-state index contributed by atoms with van der Waals surface area (Å²) in [4.78, 5) is 33.9. The van der Waals surface area contributed by atoms with Crippen molar-refractivity contribution in [1.82, 2.24) is 14.8 Å². The van der Waals surface area contributed by atoms with Gasteiger partial charge in [0.25, 0.3) is 5.91 Å². The van der Waals surface area contributed by atoms with Crippen LogP contribution in [0, 0.1) is 13.8 Å². The van der Waals surface area contributed by atoms with Crippen LogP contribution in [-0.4, -0.2) is 32.6 Å². The molecule has 4 aromatic rings. The van der Waals surface area contributed by atoms with Crippen molar-refractivity contribution in [3.05, 3.63) is 83.2 Å². The first kappa shape index (κ1) is 22.8. The third-order valence-electron chi connectivity index (χ3n) is 6.57. The van der Waals surface area contributed by atoms with Crippen LogP contribution in [0.15, 0.2) is 60.8 Å². The van der Waals surface area contributed by atoms with Gasteiger partial charge in [0.15, 0.2) is 5.65 Å². The highest BCUT2D eigenvalue weighted by Crippen LogP contribution is 2.33.